The van der Waals surface area contributed by atoms with Gasteiger partial charge in [0.1, 0.15) is 11.1 Å². The molecule has 0 saturated carbocycles. The molecule has 0 aromatic heterocycles. The number of esters is 1. The molecule has 0 bridgehead atoms. The SMILES string of the molecule is COC(=O)[C@@]1(N)CCN(C(=O)OC(C)(C)C)C1. The van der Waals surface area contributed by atoms with Crippen LogP contribution in [0.5, 0.6) is 0 Å². The summed E-state index contributed by atoms with van der Waals surface area (Å²) >= 11 is 0. The van der Waals surface area contributed by atoms with Gasteiger partial charge in [-0.1, -0.05) is 0 Å². The standard InChI is InChI=1S/C11H20N2O4/c1-10(2,3)17-9(15)13-6-5-11(12,7-13)8(14)16-4/h5-7,12H2,1-4H3/t11-/m1/s1. The van der Waals surface area contributed by atoms with Crippen LogP contribution >= 0.6 is 0 Å². The fraction of sp³-hybridized carbons (Fsp3) is 0.818. The fourth-order valence-electron chi connectivity index (χ4n) is 1.69. The molecule has 1 atom stereocenters. The van der Waals surface area contributed by atoms with E-state index in [1.807, 2.05) is 0 Å². The van der Waals surface area contributed by atoms with E-state index < -0.39 is 23.2 Å². The Balaban J connectivity index is 2.62. The van der Waals surface area contributed by atoms with Crippen LogP contribution in [0.4, 0.5) is 4.79 Å². The van der Waals surface area contributed by atoms with Crippen LogP contribution in [0.25, 0.3) is 0 Å². The summed E-state index contributed by atoms with van der Waals surface area (Å²) < 4.78 is 9.83. The highest BCUT2D eigenvalue weighted by Crippen LogP contribution is 2.22. The van der Waals surface area contributed by atoms with Gasteiger partial charge >= 0.3 is 12.1 Å². The molecule has 1 heterocycles. The smallest absolute Gasteiger partial charge is 0.410 e. The number of amides is 1. The number of likely N-dealkylation sites (tertiary alicyclic amines) is 1. The van der Waals surface area contributed by atoms with Gasteiger partial charge in [0, 0.05) is 6.54 Å². The lowest BCUT2D eigenvalue weighted by Crippen LogP contribution is -2.51. The number of ether oxygens (including phenoxy) is 2. The minimum Gasteiger partial charge on any atom is -0.468 e. The highest BCUT2D eigenvalue weighted by atomic mass is 16.6. The van der Waals surface area contributed by atoms with Gasteiger partial charge in [-0.25, -0.2) is 9.59 Å². The van der Waals surface area contributed by atoms with Crippen LogP contribution in [0.3, 0.4) is 0 Å². The number of methoxy groups -OCH3 is 1. The van der Waals surface area contributed by atoms with Crippen LogP contribution in [0.1, 0.15) is 27.2 Å². The van der Waals surface area contributed by atoms with E-state index in [2.05, 4.69) is 4.74 Å². The number of carbonyl (C=O) groups is 2. The quantitative estimate of drug-likeness (QED) is 0.679. The Morgan fingerprint density at radius 2 is 1.94 bits per heavy atom. The molecule has 0 radical (unpaired) electrons. The molecule has 1 aliphatic heterocycles. The molecule has 6 nitrogen and oxygen atoms in total. The van der Waals surface area contributed by atoms with Crippen molar-refractivity contribution >= 4 is 12.1 Å². The molecule has 1 rings (SSSR count). The first-order chi connectivity index (χ1) is 7.68. The molecule has 17 heavy (non-hydrogen) atoms. The highest BCUT2D eigenvalue weighted by Gasteiger charge is 2.44. The molecule has 1 amide bonds. The predicted molar refractivity (Wildman–Crippen MR) is 61.4 cm³/mol. The molecule has 0 aliphatic carbocycles. The van der Waals surface area contributed by atoms with Crippen LogP contribution < -0.4 is 5.73 Å². The molecule has 1 saturated heterocycles. The van der Waals surface area contributed by atoms with Crippen molar-refractivity contribution in [3.05, 3.63) is 0 Å². The molecule has 0 aromatic carbocycles. The number of rotatable bonds is 1. The summed E-state index contributed by atoms with van der Waals surface area (Å²) in [7, 11) is 1.28. The zero-order chi connectivity index (χ0) is 13.3. The summed E-state index contributed by atoms with van der Waals surface area (Å²) in [6, 6.07) is 0. The third-order valence-corrected chi connectivity index (χ3v) is 2.54. The molecular formula is C11H20N2O4. The molecule has 98 valence electrons. The first-order valence-electron chi connectivity index (χ1n) is 5.53. The van der Waals surface area contributed by atoms with Crippen molar-refractivity contribution in [2.45, 2.75) is 38.3 Å². The van der Waals surface area contributed by atoms with Crippen LogP contribution in [0.2, 0.25) is 0 Å². The Morgan fingerprint density at radius 1 is 1.35 bits per heavy atom. The zero-order valence-electron chi connectivity index (χ0n) is 10.8. The van der Waals surface area contributed by atoms with Gasteiger partial charge in [0.15, 0.2) is 0 Å². The Kier molecular flexibility index (Phi) is 3.66. The van der Waals surface area contributed by atoms with Gasteiger partial charge in [0.2, 0.25) is 0 Å². The minimum absolute atomic E-state index is 0.134. The van der Waals surface area contributed by atoms with E-state index >= 15 is 0 Å². The molecule has 1 fully saturated rings. The minimum atomic E-state index is -1.11. The van der Waals surface area contributed by atoms with Crippen molar-refractivity contribution in [2.75, 3.05) is 20.2 Å². The van der Waals surface area contributed by atoms with E-state index in [0.29, 0.717) is 13.0 Å². The first kappa shape index (κ1) is 13.8. The second-order valence-electron chi connectivity index (χ2n) is 5.30. The highest BCUT2D eigenvalue weighted by molar-refractivity contribution is 5.82. The predicted octanol–water partition coefficient (Wildman–Crippen LogP) is 0.498. The van der Waals surface area contributed by atoms with Gasteiger partial charge in [-0.05, 0) is 27.2 Å². The van der Waals surface area contributed by atoms with Gasteiger partial charge in [0.05, 0.1) is 13.7 Å². The van der Waals surface area contributed by atoms with Crippen molar-refractivity contribution in [2.24, 2.45) is 5.73 Å². The number of hydrogen-bond acceptors (Lipinski definition) is 5. The number of nitrogens with two attached hydrogens (primary N) is 1. The molecular weight excluding hydrogens is 224 g/mol. The second kappa shape index (κ2) is 4.52. The van der Waals surface area contributed by atoms with Crippen molar-refractivity contribution < 1.29 is 19.1 Å². The van der Waals surface area contributed by atoms with Crippen LogP contribution in [-0.2, 0) is 14.3 Å². The number of carbonyl (C=O) groups excluding carboxylic acids is 2. The van der Waals surface area contributed by atoms with Crippen LogP contribution in [-0.4, -0.2) is 48.3 Å². The van der Waals surface area contributed by atoms with E-state index in [9.17, 15) is 9.59 Å². The van der Waals surface area contributed by atoms with E-state index in [0.717, 1.165) is 0 Å². The molecule has 2 N–H and O–H groups in total. The van der Waals surface area contributed by atoms with Crippen LogP contribution in [0, 0.1) is 0 Å². The van der Waals surface area contributed by atoms with E-state index in [-0.39, 0.29) is 6.54 Å². The fourth-order valence-corrected chi connectivity index (χ4v) is 1.69. The summed E-state index contributed by atoms with van der Waals surface area (Å²) in [5, 5.41) is 0. The van der Waals surface area contributed by atoms with E-state index in [1.165, 1.54) is 12.0 Å². The van der Waals surface area contributed by atoms with Gasteiger partial charge in [-0.15, -0.1) is 0 Å². The molecule has 1 aliphatic rings. The summed E-state index contributed by atoms with van der Waals surface area (Å²) in [4.78, 5) is 24.7. The maximum atomic E-state index is 11.8. The normalized spacial score (nSPS) is 24.6. The van der Waals surface area contributed by atoms with Crippen molar-refractivity contribution in [3.63, 3.8) is 0 Å². The average molecular weight is 244 g/mol. The largest absolute Gasteiger partial charge is 0.468 e. The maximum Gasteiger partial charge on any atom is 0.410 e. The third kappa shape index (κ3) is 3.33. The summed E-state index contributed by atoms with van der Waals surface area (Å²) in [5.41, 5.74) is 4.22. The van der Waals surface area contributed by atoms with Crippen LogP contribution in [0.15, 0.2) is 0 Å². The molecule has 0 spiro atoms. The summed E-state index contributed by atoms with van der Waals surface area (Å²) in [5.74, 6) is -0.497. The van der Waals surface area contributed by atoms with E-state index in [4.69, 9.17) is 10.5 Å². The topological polar surface area (TPSA) is 81.9 Å². The molecule has 6 heteroatoms. The Labute approximate surface area is 101 Å². The Morgan fingerprint density at radius 3 is 2.41 bits per heavy atom. The van der Waals surface area contributed by atoms with Gasteiger partial charge in [0.25, 0.3) is 0 Å². The van der Waals surface area contributed by atoms with Crippen molar-refractivity contribution in [1.82, 2.24) is 4.90 Å². The lowest BCUT2D eigenvalue weighted by atomic mass is 10.0. The summed E-state index contributed by atoms with van der Waals surface area (Å²) in [6.07, 6.45) is -0.0624. The van der Waals surface area contributed by atoms with Gasteiger partial charge < -0.3 is 20.1 Å². The second-order valence-corrected chi connectivity index (χ2v) is 5.30. The lowest BCUT2D eigenvalue weighted by Gasteiger charge is -2.25. The van der Waals surface area contributed by atoms with Crippen molar-refractivity contribution in [1.29, 1.82) is 0 Å². The molecule has 0 aromatic rings. The lowest BCUT2D eigenvalue weighted by molar-refractivity contribution is -0.146. The molecule has 0 unspecified atom stereocenters. The van der Waals surface area contributed by atoms with E-state index in [1.54, 1.807) is 20.8 Å². The Hall–Kier alpha value is -1.30. The third-order valence-electron chi connectivity index (χ3n) is 2.54. The van der Waals surface area contributed by atoms with Crippen molar-refractivity contribution in [3.8, 4) is 0 Å². The number of hydrogen-bond donors (Lipinski definition) is 1. The Bertz CT molecular complexity index is 324. The summed E-state index contributed by atoms with van der Waals surface area (Å²) in [6.45, 7) is 5.90. The maximum absolute atomic E-state index is 11.8. The average Bonchev–Trinajstić information content (AvgIpc) is 2.58. The number of nitrogens with zero attached hydrogens (tertiary/aromatic N) is 1. The monoisotopic (exact) mass is 244 g/mol. The van der Waals surface area contributed by atoms with Gasteiger partial charge in [-0.2, -0.15) is 0 Å². The zero-order valence-corrected chi connectivity index (χ0v) is 10.8. The first-order valence-corrected chi connectivity index (χ1v) is 5.53. The van der Waals surface area contributed by atoms with Gasteiger partial charge in [-0.3, -0.25) is 0 Å².